The van der Waals surface area contributed by atoms with Gasteiger partial charge in [0.25, 0.3) is 0 Å². The number of hydrogen-bond acceptors (Lipinski definition) is 4. The van der Waals surface area contributed by atoms with Gasteiger partial charge in [0.15, 0.2) is 0 Å². The minimum Gasteiger partial charge on any atom is -0.466 e. The molecular weight excluding hydrogens is 234 g/mol. The Hall–Kier alpha value is -0.740. The maximum Gasteiger partial charge on any atom is 0.311 e. The molecular formula is C10H16ClNO2S. The second-order valence-electron chi connectivity index (χ2n) is 2.41. The smallest absolute Gasteiger partial charge is 0.311 e. The van der Waals surface area contributed by atoms with E-state index in [1.54, 1.807) is 13.0 Å². The van der Waals surface area contributed by atoms with Gasteiger partial charge in [-0.25, -0.2) is 0 Å². The summed E-state index contributed by atoms with van der Waals surface area (Å²) in [5.41, 5.74) is 6.16. The third-order valence-corrected chi connectivity index (χ3v) is 2.70. The van der Waals surface area contributed by atoms with Gasteiger partial charge in [0, 0.05) is 10.6 Å². The van der Waals surface area contributed by atoms with E-state index in [1.165, 1.54) is 11.3 Å². The predicted molar refractivity (Wildman–Crippen MR) is 65.4 cm³/mol. The Bertz CT molecular complexity index is 312. The normalized spacial score (nSPS) is 9.07. The third kappa shape index (κ3) is 5.04. The molecule has 0 unspecified atom stereocenters. The molecule has 5 heteroatoms. The maximum atomic E-state index is 11.1. The van der Waals surface area contributed by atoms with Crippen LogP contribution in [0.2, 0.25) is 4.34 Å². The van der Waals surface area contributed by atoms with Crippen LogP contribution in [0, 0.1) is 0 Å². The van der Waals surface area contributed by atoms with Crippen molar-refractivity contribution in [1.82, 2.24) is 0 Å². The first-order valence-electron chi connectivity index (χ1n) is 4.82. The molecule has 0 fully saturated rings. The SMILES string of the molecule is CC.CCOC(=O)Cc1sc(Cl)cc1N. The lowest BCUT2D eigenvalue weighted by molar-refractivity contribution is -0.142. The lowest BCUT2D eigenvalue weighted by atomic mass is 10.3. The van der Waals surface area contributed by atoms with Gasteiger partial charge in [-0.1, -0.05) is 25.4 Å². The third-order valence-electron chi connectivity index (χ3n) is 1.42. The van der Waals surface area contributed by atoms with Crippen molar-refractivity contribution in [3.63, 3.8) is 0 Å². The van der Waals surface area contributed by atoms with Crippen LogP contribution in [-0.4, -0.2) is 12.6 Å². The lowest BCUT2D eigenvalue weighted by Gasteiger charge is -1.99. The van der Waals surface area contributed by atoms with Crippen LogP contribution < -0.4 is 5.73 Å². The van der Waals surface area contributed by atoms with Gasteiger partial charge in [-0.3, -0.25) is 4.79 Å². The van der Waals surface area contributed by atoms with E-state index in [4.69, 9.17) is 22.1 Å². The van der Waals surface area contributed by atoms with Crippen LogP contribution in [0.4, 0.5) is 5.69 Å². The van der Waals surface area contributed by atoms with Crippen LogP contribution in [-0.2, 0) is 16.0 Å². The molecule has 1 aromatic rings. The number of carbonyl (C=O) groups is 1. The minimum atomic E-state index is -0.271. The van der Waals surface area contributed by atoms with Gasteiger partial charge in [-0.15, -0.1) is 11.3 Å². The van der Waals surface area contributed by atoms with E-state index >= 15 is 0 Å². The minimum absolute atomic E-state index is 0.205. The summed E-state index contributed by atoms with van der Waals surface area (Å²) in [4.78, 5) is 11.8. The number of nitrogens with two attached hydrogens (primary N) is 1. The highest BCUT2D eigenvalue weighted by Gasteiger charge is 2.10. The van der Waals surface area contributed by atoms with Crippen LogP contribution in [0.25, 0.3) is 0 Å². The topological polar surface area (TPSA) is 52.3 Å². The van der Waals surface area contributed by atoms with Gasteiger partial charge in [-0.05, 0) is 13.0 Å². The van der Waals surface area contributed by atoms with Crippen molar-refractivity contribution in [3.05, 3.63) is 15.3 Å². The fraction of sp³-hybridized carbons (Fsp3) is 0.500. The Kier molecular flexibility index (Phi) is 7.17. The number of hydrogen-bond donors (Lipinski definition) is 1. The number of halogens is 1. The second-order valence-corrected chi connectivity index (χ2v) is 4.18. The van der Waals surface area contributed by atoms with Crippen molar-refractivity contribution in [2.24, 2.45) is 0 Å². The lowest BCUT2D eigenvalue weighted by Crippen LogP contribution is -2.07. The Labute approximate surface area is 99.2 Å². The number of carbonyl (C=O) groups excluding carboxylic acids is 1. The largest absolute Gasteiger partial charge is 0.466 e. The number of ether oxygens (including phenoxy) is 1. The Balaban J connectivity index is 0.000000921. The van der Waals surface area contributed by atoms with Crippen molar-refractivity contribution in [2.45, 2.75) is 27.2 Å². The first kappa shape index (κ1) is 14.3. The van der Waals surface area contributed by atoms with Crippen molar-refractivity contribution >= 4 is 34.6 Å². The quantitative estimate of drug-likeness (QED) is 0.838. The summed E-state index contributed by atoms with van der Waals surface area (Å²) in [6, 6.07) is 1.64. The van der Waals surface area contributed by atoms with Crippen molar-refractivity contribution in [2.75, 3.05) is 12.3 Å². The van der Waals surface area contributed by atoms with E-state index in [9.17, 15) is 4.79 Å². The summed E-state index contributed by atoms with van der Waals surface area (Å²) in [6.07, 6.45) is 0.205. The van der Waals surface area contributed by atoms with Crippen molar-refractivity contribution < 1.29 is 9.53 Å². The summed E-state index contributed by atoms with van der Waals surface area (Å²) < 4.78 is 5.37. The van der Waals surface area contributed by atoms with Gasteiger partial charge in [0.2, 0.25) is 0 Å². The zero-order valence-electron chi connectivity index (χ0n) is 9.17. The van der Waals surface area contributed by atoms with E-state index < -0.39 is 0 Å². The van der Waals surface area contributed by atoms with E-state index in [0.29, 0.717) is 16.6 Å². The van der Waals surface area contributed by atoms with E-state index in [0.717, 1.165) is 4.88 Å². The molecule has 1 aromatic heterocycles. The first-order chi connectivity index (χ1) is 7.13. The van der Waals surface area contributed by atoms with Crippen LogP contribution >= 0.6 is 22.9 Å². The number of esters is 1. The molecule has 0 aliphatic carbocycles. The highest BCUT2D eigenvalue weighted by Crippen LogP contribution is 2.29. The molecule has 86 valence electrons. The Morgan fingerprint density at radius 3 is 2.60 bits per heavy atom. The number of nitrogen functional groups attached to an aromatic ring is 1. The van der Waals surface area contributed by atoms with Gasteiger partial charge in [-0.2, -0.15) is 0 Å². The van der Waals surface area contributed by atoms with Crippen molar-refractivity contribution in [1.29, 1.82) is 0 Å². The average Bonchev–Trinajstić information content (AvgIpc) is 2.49. The highest BCUT2D eigenvalue weighted by atomic mass is 35.5. The van der Waals surface area contributed by atoms with Crippen LogP contribution in [0.1, 0.15) is 25.6 Å². The summed E-state index contributed by atoms with van der Waals surface area (Å²) in [5, 5.41) is 0. The molecule has 0 saturated carbocycles. The van der Waals surface area contributed by atoms with Gasteiger partial charge in [0.05, 0.1) is 17.4 Å². The zero-order valence-corrected chi connectivity index (χ0v) is 10.7. The van der Waals surface area contributed by atoms with Crippen LogP contribution in [0.3, 0.4) is 0 Å². The molecule has 0 aliphatic heterocycles. The summed E-state index contributed by atoms with van der Waals surface area (Å²) in [7, 11) is 0. The molecule has 3 nitrogen and oxygen atoms in total. The fourth-order valence-electron chi connectivity index (χ4n) is 0.890. The monoisotopic (exact) mass is 249 g/mol. The molecule has 0 atom stereocenters. The maximum absolute atomic E-state index is 11.1. The number of anilines is 1. The van der Waals surface area contributed by atoms with Gasteiger partial charge in [0.1, 0.15) is 0 Å². The first-order valence-corrected chi connectivity index (χ1v) is 6.02. The molecule has 0 aliphatic rings. The molecule has 0 amide bonds. The zero-order chi connectivity index (χ0) is 11.8. The molecule has 0 radical (unpaired) electrons. The summed E-state index contributed by atoms with van der Waals surface area (Å²) in [6.45, 7) is 6.15. The fourth-order valence-corrected chi connectivity index (χ4v) is 2.08. The molecule has 0 spiro atoms. The molecule has 0 saturated heterocycles. The van der Waals surface area contributed by atoms with E-state index in [2.05, 4.69) is 0 Å². The summed E-state index contributed by atoms with van der Waals surface area (Å²) >= 11 is 7.02. The average molecular weight is 250 g/mol. The molecule has 15 heavy (non-hydrogen) atoms. The van der Waals surface area contributed by atoms with E-state index in [-0.39, 0.29) is 12.4 Å². The number of rotatable bonds is 3. The molecule has 0 bridgehead atoms. The molecule has 2 N–H and O–H groups in total. The molecule has 1 heterocycles. The molecule has 1 rings (SSSR count). The molecule has 0 aromatic carbocycles. The van der Waals surface area contributed by atoms with Crippen LogP contribution in [0.15, 0.2) is 6.07 Å². The van der Waals surface area contributed by atoms with Crippen LogP contribution in [0.5, 0.6) is 0 Å². The summed E-state index contributed by atoms with van der Waals surface area (Å²) in [5.74, 6) is -0.271. The standard InChI is InChI=1S/C8H10ClNO2S.C2H6/c1-2-12-8(11)4-6-5(10)3-7(9)13-6;1-2/h3H,2,4,10H2,1H3;1-2H3. The van der Waals surface area contributed by atoms with Gasteiger partial charge >= 0.3 is 5.97 Å². The van der Waals surface area contributed by atoms with E-state index in [1.807, 2.05) is 13.8 Å². The Morgan fingerprint density at radius 1 is 1.60 bits per heavy atom. The van der Waals surface area contributed by atoms with Gasteiger partial charge < -0.3 is 10.5 Å². The second kappa shape index (κ2) is 7.54. The predicted octanol–water partition coefficient (Wildman–Crippen LogP) is 3.12. The highest BCUT2D eigenvalue weighted by molar-refractivity contribution is 7.16. The Morgan fingerprint density at radius 2 is 2.20 bits per heavy atom. The van der Waals surface area contributed by atoms with Crippen molar-refractivity contribution in [3.8, 4) is 0 Å². The number of thiophene rings is 1.